The van der Waals surface area contributed by atoms with Gasteiger partial charge in [0.25, 0.3) is 0 Å². The van der Waals surface area contributed by atoms with E-state index >= 15 is 0 Å². The molecule has 8 aromatic heterocycles. The predicted octanol–water partition coefficient (Wildman–Crippen LogP) is 14.0. The number of fused-ring (bicyclic) bond motifs is 4. The van der Waals surface area contributed by atoms with Crippen molar-refractivity contribution in [2.75, 3.05) is 43.1 Å². The molecule has 28 heteroatoms. The number of rotatable bonds is 16. The van der Waals surface area contributed by atoms with E-state index in [4.69, 9.17) is 27.7 Å². The lowest BCUT2D eigenvalue weighted by atomic mass is 10.0. The molecular formula is C90H88F5N17O5S. The summed E-state index contributed by atoms with van der Waals surface area (Å²) in [5.41, 5.74) is 47.3. The van der Waals surface area contributed by atoms with Crippen LogP contribution in [0.1, 0.15) is 111 Å². The molecule has 0 radical (unpaired) electrons. The van der Waals surface area contributed by atoms with Crippen molar-refractivity contribution in [1.29, 1.82) is 0 Å². The Balaban J connectivity index is 0.000000130. The average Bonchev–Trinajstić information content (AvgIpc) is 1.32. The number of hydrogen-bond acceptors (Lipinski definition) is 19. The van der Waals surface area contributed by atoms with Crippen LogP contribution in [0, 0.1) is 64.8 Å². The number of pyridine rings is 7. The van der Waals surface area contributed by atoms with E-state index in [1.54, 1.807) is 111 Å². The first-order valence-electron chi connectivity index (χ1n) is 38.5. The fourth-order valence-electron chi connectivity index (χ4n) is 15.0. The Bertz CT molecular complexity index is 5860. The Hall–Kier alpha value is -12.8. The number of likely N-dealkylation sites (tertiary alicyclic amines) is 1. The number of thiazole rings is 1. The number of amides is 4. The summed E-state index contributed by atoms with van der Waals surface area (Å²) in [4.78, 5) is 98.1. The number of carbonyl (C=O) groups is 4. The molecule has 12 aromatic rings. The topological polar surface area (TPSA) is 301 Å². The summed E-state index contributed by atoms with van der Waals surface area (Å²) in [6.07, 6.45) is 3.35. The number of alkyl halides is 1. The zero-order valence-electron chi connectivity index (χ0n) is 66.4. The highest BCUT2D eigenvalue weighted by molar-refractivity contribution is 7.11. The first kappa shape index (κ1) is 81.8. The van der Waals surface area contributed by atoms with Crippen LogP contribution in [0.5, 0.6) is 0 Å². The number of benzene rings is 4. The van der Waals surface area contributed by atoms with E-state index in [1.807, 2.05) is 83.1 Å². The number of methoxy groups -OCH3 is 1. The third kappa shape index (κ3) is 19.2. The highest BCUT2D eigenvalue weighted by atomic mass is 32.1. The van der Waals surface area contributed by atoms with Crippen LogP contribution in [0.25, 0.3) is 45.0 Å². The van der Waals surface area contributed by atoms with Gasteiger partial charge in [-0.2, -0.15) is 0 Å². The highest BCUT2D eigenvalue weighted by Crippen LogP contribution is 2.35. The molecule has 0 saturated carbocycles. The number of nitrogen functional groups attached to an aromatic ring is 4. The van der Waals surface area contributed by atoms with Gasteiger partial charge >= 0.3 is 0 Å². The van der Waals surface area contributed by atoms with Crippen LogP contribution in [0.3, 0.4) is 0 Å². The van der Waals surface area contributed by atoms with Gasteiger partial charge in [-0.05, 0) is 231 Å². The van der Waals surface area contributed by atoms with Gasteiger partial charge in [0, 0.05) is 105 Å². The summed E-state index contributed by atoms with van der Waals surface area (Å²) in [5.74, 6) is -1.34. The molecule has 0 bridgehead atoms. The van der Waals surface area contributed by atoms with Crippen LogP contribution < -0.4 is 22.9 Å². The summed E-state index contributed by atoms with van der Waals surface area (Å²) in [6.45, 7) is 17.4. The summed E-state index contributed by atoms with van der Waals surface area (Å²) in [6, 6.07) is 40.3. The van der Waals surface area contributed by atoms with Gasteiger partial charge in [-0.15, -0.1) is 11.3 Å². The van der Waals surface area contributed by atoms with E-state index in [9.17, 15) is 41.1 Å². The molecule has 4 aromatic carbocycles. The second-order valence-electron chi connectivity index (χ2n) is 30.2. The van der Waals surface area contributed by atoms with Gasteiger partial charge < -0.3 is 47.3 Å². The second-order valence-corrected chi connectivity index (χ2v) is 31.5. The molecule has 0 aliphatic carbocycles. The Morgan fingerprint density at radius 3 is 1.18 bits per heavy atom. The molecule has 0 atom stereocenters. The largest absolute Gasteiger partial charge is 0.397 e. The predicted molar refractivity (Wildman–Crippen MR) is 442 cm³/mol. The molecule has 1 fully saturated rings. The summed E-state index contributed by atoms with van der Waals surface area (Å²) in [7, 11) is 1.63. The number of aryl methyl sites for hydroxylation is 6. The number of halogens is 5. The Morgan fingerprint density at radius 1 is 0.407 bits per heavy atom. The molecule has 13 heterocycles. The molecule has 1 saturated heterocycles. The number of ether oxygens (including phenoxy) is 1. The lowest BCUT2D eigenvalue weighted by molar-refractivity contribution is -0.131. The molecule has 17 rings (SSSR count). The number of hydrogen-bond donors (Lipinski definition) is 4. The van der Waals surface area contributed by atoms with E-state index < -0.39 is 6.17 Å². The van der Waals surface area contributed by atoms with Gasteiger partial charge in [-0.3, -0.25) is 59.0 Å². The van der Waals surface area contributed by atoms with Crippen molar-refractivity contribution in [3.05, 3.63) is 292 Å². The maximum Gasteiger partial charge on any atom is 0.229 e. The van der Waals surface area contributed by atoms with Crippen LogP contribution in [-0.2, 0) is 115 Å². The van der Waals surface area contributed by atoms with E-state index in [-0.39, 0.29) is 72.6 Å². The fraction of sp³-hybridized carbons (Fsp3) is 0.267. The van der Waals surface area contributed by atoms with E-state index in [2.05, 4.69) is 39.9 Å². The highest BCUT2D eigenvalue weighted by Gasteiger charge is 2.32. The van der Waals surface area contributed by atoms with Crippen molar-refractivity contribution in [2.45, 2.75) is 139 Å². The first-order valence-corrected chi connectivity index (χ1v) is 39.3. The van der Waals surface area contributed by atoms with Crippen molar-refractivity contribution < 1.29 is 45.9 Å². The van der Waals surface area contributed by atoms with Crippen molar-refractivity contribution in [3.8, 4) is 45.0 Å². The minimum absolute atomic E-state index is 0.0231. The summed E-state index contributed by atoms with van der Waals surface area (Å²) >= 11 is 1.63. The van der Waals surface area contributed by atoms with Crippen molar-refractivity contribution in [1.82, 2.24) is 64.4 Å². The molecule has 5 aliphatic heterocycles. The van der Waals surface area contributed by atoms with Gasteiger partial charge in [0.2, 0.25) is 23.6 Å². The number of aromatic nitrogens is 8. The minimum Gasteiger partial charge on any atom is -0.397 e. The van der Waals surface area contributed by atoms with Gasteiger partial charge in [0.15, 0.2) is 0 Å². The van der Waals surface area contributed by atoms with Gasteiger partial charge in [-0.1, -0.05) is 6.07 Å². The molecular weight excluding hydrogens is 1530 g/mol. The van der Waals surface area contributed by atoms with Crippen molar-refractivity contribution in [2.24, 2.45) is 0 Å². The van der Waals surface area contributed by atoms with Gasteiger partial charge in [0.1, 0.15) is 29.4 Å². The Kier molecular flexibility index (Phi) is 24.5. The number of nitrogens with zero attached hydrogens (tertiary/aromatic N) is 13. The second kappa shape index (κ2) is 35.3. The standard InChI is InChI=1S/C25H25F2N5O.C23H23FN4O2.C22H21FN4O.C20H19FN4OS/c1-15-6-18(26)2-3-21(15)23-5-4-22(28)24(30-23)8-25(33)32-10-16-7-20(29-9-17(16)11-32)14-31-12-19(27)13-31;1-14-9-16(24)4-6-18(14)20-8-7-19(25)21(27-20)10-23(29)28-11-15-3-5-17(13-30-2)26-22(15)12-28;1-13-7-17(23)3-4-18(13)20-6-5-19(24)21(26-20)9-22(28)27-11-15-8-14(2)25-10-16(15)12-27;1-11-7-13(21)3-4-14(11)16-6-5-15(22)17(24-16)8-20(26)25-9-18-19(10-25)27-12(2)23-18/h2-7,9,19H,8,10-14,28H2,1H3;3-9H,10-13,25H2,1-2H3;3-8,10H,9,11-12,24H2,1-2H3;3-7H,8-10,22H2,1-2H3. The number of anilines is 4. The van der Waals surface area contributed by atoms with E-state index in [1.165, 1.54) is 48.5 Å². The Morgan fingerprint density at radius 2 is 0.780 bits per heavy atom. The molecule has 118 heavy (non-hydrogen) atoms. The molecule has 22 nitrogen and oxygen atoms in total. The third-order valence-corrected chi connectivity index (χ3v) is 22.4. The molecule has 4 amide bonds. The van der Waals surface area contributed by atoms with Crippen molar-refractivity contribution in [3.63, 3.8) is 0 Å². The number of nitrogens with two attached hydrogens (primary N) is 4. The molecule has 0 unspecified atom stereocenters. The lowest BCUT2D eigenvalue weighted by Gasteiger charge is -2.33. The zero-order chi connectivity index (χ0) is 83.3. The molecule has 5 aliphatic rings. The first-order chi connectivity index (χ1) is 56.6. The Labute approximate surface area is 683 Å². The third-order valence-electron chi connectivity index (χ3n) is 21.4. The van der Waals surface area contributed by atoms with Crippen LogP contribution >= 0.6 is 11.3 Å². The SMILES string of the molecule is COCc1ccc2c(n1)CN(C(=O)Cc1nc(-c3ccc(F)cc3C)ccc1N)C2.Cc1cc(F)ccc1-c1ccc(N)c(CC(=O)N2Cc3cnc(CN4CC(F)C4)cc3C2)n1.Cc1cc2c(cn1)CN(C(=O)Cc1nc(-c3ccc(F)cc3C)ccc1N)C2.Cc1nc2c(s1)CN(C(=O)Cc1nc(-c3ccc(F)cc3C)ccc1N)C2. The van der Waals surface area contributed by atoms with Crippen LogP contribution in [0.4, 0.5) is 44.7 Å². The molecule has 8 N–H and O–H groups in total. The maximum absolute atomic E-state index is 13.5. The van der Waals surface area contributed by atoms with Gasteiger partial charge in [-0.25, -0.2) is 26.9 Å². The van der Waals surface area contributed by atoms with E-state index in [0.29, 0.717) is 147 Å². The van der Waals surface area contributed by atoms with Crippen LogP contribution in [0.2, 0.25) is 0 Å². The summed E-state index contributed by atoms with van der Waals surface area (Å²) < 4.78 is 71.9. The quantitative estimate of drug-likeness (QED) is 0.0653. The molecule has 604 valence electrons. The van der Waals surface area contributed by atoms with Crippen molar-refractivity contribution >= 4 is 57.7 Å². The normalized spacial score (nSPS) is 13.8. The number of carbonyl (C=O) groups excluding carboxylic acids is 4. The van der Waals surface area contributed by atoms with Crippen LogP contribution in [0.15, 0.2) is 158 Å². The maximum atomic E-state index is 13.5. The lowest BCUT2D eigenvalue weighted by Crippen LogP contribution is -2.47. The van der Waals surface area contributed by atoms with Gasteiger partial charge in [0.05, 0.1) is 148 Å². The summed E-state index contributed by atoms with van der Waals surface area (Å²) in [5, 5.41) is 1.03. The minimum atomic E-state index is -0.737. The zero-order valence-corrected chi connectivity index (χ0v) is 67.2. The van der Waals surface area contributed by atoms with E-state index in [0.717, 1.165) is 111 Å². The molecule has 0 spiro atoms. The van der Waals surface area contributed by atoms with Crippen LogP contribution in [-0.4, -0.2) is 114 Å². The smallest absolute Gasteiger partial charge is 0.229 e. The fourth-order valence-corrected chi connectivity index (χ4v) is 15.9. The average molecular weight is 1610 g/mol. The monoisotopic (exact) mass is 1610 g/mol.